The molecule has 4 heteroatoms. The number of para-hydroxylation sites is 2. The molecule has 2 aromatic carbocycles. The van der Waals surface area contributed by atoms with E-state index in [-0.39, 0.29) is 28.3 Å². The van der Waals surface area contributed by atoms with E-state index in [4.69, 9.17) is 0 Å². The van der Waals surface area contributed by atoms with Crippen LogP contribution >= 0.6 is 11.8 Å². The van der Waals surface area contributed by atoms with Gasteiger partial charge in [0.1, 0.15) is 0 Å². The number of hydrogen-bond acceptors (Lipinski definition) is 3. The molecule has 0 bridgehead atoms. The maximum Gasteiger partial charge on any atom is 2.00 e. The zero-order valence-corrected chi connectivity index (χ0v) is 10.0. The summed E-state index contributed by atoms with van der Waals surface area (Å²) in [6.07, 6.45) is 0. The molecule has 1 radical (unpaired) electrons. The van der Waals surface area contributed by atoms with Gasteiger partial charge in [-0.05, 0) is 12.1 Å². The summed E-state index contributed by atoms with van der Waals surface area (Å²) in [5.74, 6) is -0.100. The van der Waals surface area contributed by atoms with Crippen LogP contribution < -0.4 is 10.2 Å². The standard InChI is InChI=1S/C12H10O2S.Co/c13-9-5-1-3-7-11(9)15-12-8-4-2-6-10(12)14;/h1-8,13-14H;/q;+2/p-2. The largest absolute Gasteiger partial charge is 2.00 e. The van der Waals surface area contributed by atoms with Gasteiger partial charge in [0.2, 0.25) is 0 Å². The third-order valence-electron chi connectivity index (χ3n) is 1.92. The smallest absolute Gasteiger partial charge is 0.872 e. The molecule has 2 rings (SSSR count). The summed E-state index contributed by atoms with van der Waals surface area (Å²) in [6.45, 7) is 0. The maximum atomic E-state index is 11.4. The molecule has 83 valence electrons. The van der Waals surface area contributed by atoms with Gasteiger partial charge in [0.25, 0.3) is 0 Å². The normalized spacial score (nSPS) is 9.50. The van der Waals surface area contributed by atoms with Crippen molar-refractivity contribution in [2.24, 2.45) is 0 Å². The molecular formula is C12H8CoO2S. The van der Waals surface area contributed by atoms with Gasteiger partial charge in [-0.1, -0.05) is 59.7 Å². The molecule has 0 aromatic heterocycles. The van der Waals surface area contributed by atoms with Crippen molar-refractivity contribution in [3.05, 3.63) is 48.5 Å². The second-order valence-corrected chi connectivity index (χ2v) is 4.08. The average molecular weight is 275 g/mol. The molecule has 0 fully saturated rings. The molecule has 0 aliphatic heterocycles. The van der Waals surface area contributed by atoms with E-state index in [0.29, 0.717) is 9.79 Å². The van der Waals surface area contributed by atoms with E-state index < -0.39 is 0 Å². The molecule has 0 unspecified atom stereocenters. The molecule has 2 aromatic rings. The van der Waals surface area contributed by atoms with Gasteiger partial charge in [0.15, 0.2) is 0 Å². The maximum absolute atomic E-state index is 11.4. The third-order valence-corrected chi connectivity index (χ3v) is 3.03. The minimum absolute atomic E-state index is 0. The Balaban J connectivity index is 0.00000128. The Morgan fingerprint density at radius 3 is 1.44 bits per heavy atom. The Morgan fingerprint density at radius 2 is 1.06 bits per heavy atom. The Morgan fingerprint density at radius 1 is 0.688 bits per heavy atom. The number of hydrogen-bond donors (Lipinski definition) is 0. The van der Waals surface area contributed by atoms with Crippen LogP contribution in [0.15, 0.2) is 58.3 Å². The fraction of sp³-hybridized carbons (Fsp3) is 0. The topological polar surface area (TPSA) is 46.1 Å². The van der Waals surface area contributed by atoms with Gasteiger partial charge in [0, 0.05) is 9.79 Å². The van der Waals surface area contributed by atoms with Gasteiger partial charge < -0.3 is 10.2 Å². The first-order valence-corrected chi connectivity index (χ1v) is 5.29. The van der Waals surface area contributed by atoms with E-state index >= 15 is 0 Å². The second kappa shape index (κ2) is 5.84. The summed E-state index contributed by atoms with van der Waals surface area (Å²) < 4.78 is 0. The number of rotatable bonds is 2. The van der Waals surface area contributed by atoms with Crippen molar-refractivity contribution in [2.75, 3.05) is 0 Å². The molecule has 0 amide bonds. The second-order valence-electron chi connectivity index (χ2n) is 3.00. The first kappa shape index (κ1) is 13.0. The van der Waals surface area contributed by atoms with Crippen LogP contribution in [0.1, 0.15) is 0 Å². The van der Waals surface area contributed by atoms with Crippen LogP contribution in [-0.4, -0.2) is 0 Å². The Bertz CT molecular complexity index is 431. The molecule has 0 atom stereocenters. The molecule has 0 saturated heterocycles. The van der Waals surface area contributed by atoms with Gasteiger partial charge >= 0.3 is 16.8 Å². The zero-order valence-electron chi connectivity index (χ0n) is 8.18. The van der Waals surface area contributed by atoms with Crippen molar-refractivity contribution < 1.29 is 27.0 Å². The van der Waals surface area contributed by atoms with Crippen molar-refractivity contribution in [1.29, 1.82) is 0 Å². The van der Waals surface area contributed by atoms with Crippen LogP contribution in [0, 0.1) is 0 Å². The summed E-state index contributed by atoms with van der Waals surface area (Å²) in [5.41, 5.74) is 0. The van der Waals surface area contributed by atoms with Crippen LogP contribution in [0.5, 0.6) is 11.5 Å². The van der Waals surface area contributed by atoms with E-state index in [1.807, 2.05) is 0 Å². The first-order valence-electron chi connectivity index (χ1n) is 4.47. The molecule has 0 heterocycles. The molecule has 0 N–H and O–H groups in total. The molecule has 16 heavy (non-hydrogen) atoms. The van der Waals surface area contributed by atoms with Crippen LogP contribution in [0.3, 0.4) is 0 Å². The minimum atomic E-state index is -0.0502. The molecule has 0 saturated carbocycles. The fourth-order valence-electron chi connectivity index (χ4n) is 1.19. The fourth-order valence-corrected chi connectivity index (χ4v) is 2.05. The van der Waals surface area contributed by atoms with Gasteiger partial charge in [-0.2, -0.15) is 0 Å². The van der Waals surface area contributed by atoms with Crippen LogP contribution in [0.25, 0.3) is 0 Å². The van der Waals surface area contributed by atoms with Crippen molar-refractivity contribution in [3.8, 4) is 11.5 Å². The van der Waals surface area contributed by atoms with Crippen LogP contribution in [0.4, 0.5) is 0 Å². The monoisotopic (exact) mass is 275 g/mol. The van der Waals surface area contributed by atoms with E-state index in [0.717, 1.165) is 0 Å². The van der Waals surface area contributed by atoms with Crippen LogP contribution in [-0.2, 0) is 16.8 Å². The van der Waals surface area contributed by atoms with Gasteiger partial charge in [-0.3, -0.25) is 0 Å². The molecule has 0 aliphatic rings. The first-order chi connectivity index (χ1) is 7.27. The summed E-state index contributed by atoms with van der Waals surface area (Å²) in [6, 6.07) is 13.4. The third kappa shape index (κ3) is 2.94. The summed E-state index contributed by atoms with van der Waals surface area (Å²) >= 11 is 1.22. The SMILES string of the molecule is [Co+2].[O-]c1ccccc1Sc1ccccc1[O-]. The Labute approximate surface area is 109 Å². The van der Waals surface area contributed by atoms with Crippen LogP contribution in [0.2, 0.25) is 0 Å². The Kier molecular flexibility index (Phi) is 4.73. The summed E-state index contributed by atoms with van der Waals surface area (Å²) in [5, 5.41) is 22.8. The molecule has 2 nitrogen and oxygen atoms in total. The molecule has 0 aliphatic carbocycles. The van der Waals surface area contributed by atoms with Gasteiger partial charge in [-0.15, -0.1) is 0 Å². The molecular weight excluding hydrogens is 267 g/mol. The van der Waals surface area contributed by atoms with Crippen molar-refractivity contribution in [1.82, 2.24) is 0 Å². The predicted molar refractivity (Wildman–Crippen MR) is 55.9 cm³/mol. The van der Waals surface area contributed by atoms with E-state index in [1.165, 1.54) is 23.9 Å². The number of benzene rings is 2. The zero-order chi connectivity index (χ0) is 10.7. The van der Waals surface area contributed by atoms with Gasteiger partial charge in [-0.25, -0.2) is 0 Å². The Hall–Kier alpha value is -1.10. The summed E-state index contributed by atoms with van der Waals surface area (Å²) in [7, 11) is 0. The van der Waals surface area contributed by atoms with Crippen molar-refractivity contribution in [2.45, 2.75) is 9.79 Å². The van der Waals surface area contributed by atoms with E-state index in [1.54, 1.807) is 36.4 Å². The van der Waals surface area contributed by atoms with E-state index in [9.17, 15) is 10.2 Å². The minimum Gasteiger partial charge on any atom is -0.872 e. The van der Waals surface area contributed by atoms with Crippen molar-refractivity contribution >= 4 is 11.8 Å². The van der Waals surface area contributed by atoms with E-state index in [2.05, 4.69) is 0 Å². The quantitative estimate of drug-likeness (QED) is 0.842. The van der Waals surface area contributed by atoms with Crippen molar-refractivity contribution in [3.63, 3.8) is 0 Å². The average Bonchev–Trinajstić information content (AvgIpc) is 2.24. The summed E-state index contributed by atoms with van der Waals surface area (Å²) in [4.78, 5) is 1.17. The predicted octanol–water partition coefficient (Wildman–Crippen LogP) is 1.98. The van der Waals surface area contributed by atoms with Gasteiger partial charge in [0.05, 0.1) is 0 Å². The molecule has 0 spiro atoms.